The van der Waals surface area contributed by atoms with Crippen molar-refractivity contribution >= 4 is 5.91 Å². The summed E-state index contributed by atoms with van der Waals surface area (Å²) in [5.74, 6) is 1.27. The maximum absolute atomic E-state index is 12.7. The summed E-state index contributed by atoms with van der Waals surface area (Å²) in [5, 5.41) is 7.03. The fourth-order valence-electron chi connectivity index (χ4n) is 3.20. The van der Waals surface area contributed by atoms with Gasteiger partial charge >= 0.3 is 0 Å². The van der Waals surface area contributed by atoms with E-state index >= 15 is 0 Å². The van der Waals surface area contributed by atoms with E-state index in [4.69, 9.17) is 4.52 Å². The van der Waals surface area contributed by atoms with Crippen molar-refractivity contribution in [2.24, 2.45) is 0 Å². The van der Waals surface area contributed by atoms with E-state index in [9.17, 15) is 4.79 Å². The molecule has 1 saturated carbocycles. The molecule has 0 bridgehead atoms. The molecule has 0 radical (unpaired) electrons. The molecule has 0 unspecified atom stereocenters. The Kier molecular flexibility index (Phi) is 4.53. The highest BCUT2D eigenvalue weighted by Crippen LogP contribution is 2.39. The van der Waals surface area contributed by atoms with Gasteiger partial charge in [-0.1, -0.05) is 5.16 Å². The number of amides is 1. The largest absolute Gasteiger partial charge is 0.339 e. The van der Waals surface area contributed by atoms with Gasteiger partial charge in [-0.2, -0.15) is 4.98 Å². The summed E-state index contributed by atoms with van der Waals surface area (Å²) in [6, 6.07) is 7.17. The van der Waals surface area contributed by atoms with Crippen molar-refractivity contribution in [2.75, 3.05) is 0 Å². The molecule has 3 aromatic heterocycles. The van der Waals surface area contributed by atoms with E-state index in [0.29, 0.717) is 23.3 Å². The van der Waals surface area contributed by atoms with Crippen molar-refractivity contribution in [3.63, 3.8) is 0 Å². The molecule has 1 aliphatic rings. The van der Waals surface area contributed by atoms with E-state index in [2.05, 4.69) is 41.2 Å². The lowest BCUT2D eigenvalue weighted by Crippen LogP contribution is -2.32. The van der Waals surface area contributed by atoms with Crippen molar-refractivity contribution < 1.29 is 9.32 Å². The molecule has 0 spiro atoms. The zero-order chi connectivity index (χ0) is 19.9. The monoisotopic (exact) mass is 379 g/mol. The first-order valence-corrected chi connectivity index (χ1v) is 9.61. The number of pyridine rings is 1. The van der Waals surface area contributed by atoms with E-state index < -0.39 is 6.04 Å². The van der Waals surface area contributed by atoms with Gasteiger partial charge in [0.25, 0.3) is 5.91 Å². The lowest BCUT2D eigenvalue weighted by molar-refractivity contribution is 0.0917. The maximum atomic E-state index is 12.7. The zero-order valence-corrected chi connectivity index (χ0v) is 16.6. The Hall–Kier alpha value is -2.96. The Morgan fingerprint density at radius 3 is 2.82 bits per heavy atom. The first-order chi connectivity index (χ1) is 13.3. The number of hydrogen-bond donors (Lipinski definition) is 1. The Labute approximate surface area is 164 Å². The van der Waals surface area contributed by atoms with Crippen LogP contribution in [0.4, 0.5) is 0 Å². The summed E-state index contributed by atoms with van der Waals surface area (Å²) in [6.45, 7) is 8.01. The van der Waals surface area contributed by atoms with E-state index in [-0.39, 0.29) is 11.4 Å². The van der Waals surface area contributed by atoms with Crippen LogP contribution in [0.25, 0.3) is 11.4 Å². The molecule has 1 aliphatic carbocycles. The maximum Gasteiger partial charge on any atom is 0.268 e. The first-order valence-electron chi connectivity index (χ1n) is 9.61. The van der Waals surface area contributed by atoms with Gasteiger partial charge in [0.15, 0.2) is 0 Å². The highest BCUT2D eigenvalue weighted by molar-refractivity contribution is 5.93. The van der Waals surface area contributed by atoms with Crippen LogP contribution in [0.5, 0.6) is 0 Å². The van der Waals surface area contributed by atoms with Gasteiger partial charge in [-0.25, -0.2) is 0 Å². The topological polar surface area (TPSA) is 85.8 Å². The highest BCUT2D eigenvalue weighted by atomic mass is 16.5. The van der Waals surface area contributed by atoms with Crippen LogP contribution in [-0.4, -0.2) is 25.6 Å². The van der Waals surface area contributed by atoms with Crippen LogP contribution in [0.1, 0.15) is 74.6 Å². The van der Waals surface area contributed by atoms with Gasteiger partial charge in [0.1, 0.15) is 11.7 Å². The lowest BCUT2D eigenvalue weighted by atomic mass is 10.1. The third-order valence-corrected chi connectivity index (χ3v) is 4.90. The molecule has 7 nitrogen and oxygen atoms in total. The fourth-order valence-corrected chi connectivity index (χ4v) is 3.20. The minimum Gasteiger partial charge on any atom is -0.339 e. The van der Waals surface area contributed by atoms with Crippen LogP contribution in [-0.2, 0) is 5.54 Å². The normalized spacial score (nSPS) is 15.4. The van der Waals surface area contributed by atoms with Crippen molar-refractivity contribution in [3.8, 4) is 11.4 Å². The van der Waals surface area contributed by atoms with Crippen molar-refractivity contribution in [3.05, 3.63) is 53.9 Å². The Bertz CT molecular complexity index is 994. The quantitative estimate of drug-likeness (QED) is 0.722. The Morgan fingerprint density at radius 2 is 2.11 bits per heavy atom. The molecule has 28 heavy (non-hydrogen) atoms. The van der Waals surface area contributed by atoms with Gasteiger partial charge in [-0.3, -0.25) is 9.78 Å². The number of carbonyl (C=O) groups excluding carboxylic acids is 1. The molecule has 1 atom stereocenters. The van der Waals surface area contributed by atoms with E-state index in [1.54, 1.807) is 6.20 Å². The SMILES string of the molecule is C[C@H](NC(=O)c1cccn1C(C)(C)C)c1nc(-c2ccnc(C3CC3)c2)no1. The molecule has 4 rings (SSSR count). The lowest BCUT2D eigenvalue weighted by Gasteiger charge is -2.24. The number of nitrogens with zero attached hydrogens (tertiary/aromatic N) is 4. The van der Waals surface area contributed by atoms with Crippen LogP contribution in [0.15, 0.2) is 41.2 Å². The van der Waals surface area contributed by atoms with Gasteiger partial charge in [0.2, 0.25) is 11.7 Å². The summed E-state index contributed by atoms with van der Waals surface area (Å²) in [5.41, 5.74) is 2.37. The van der Waals surface area contributed by atoms with Crippen LogP contribution in [0.3, 0.4) is 0 Å². The van der Waals surface area contributed by atoms with E-state index in [0.717, 1.165) is 11.3 Å². The number of hydrogen-bond acceptors (Lipinski definition) is 5. The zero-order valence-electron chi connectivity index (χ0n) is 16.6. The number of aromatic nitrogens is 4. The second kappa shape index (κ2) is 6.89. The summed E-state index contributed by atoms with van der Waals surface area (Å²) < 4.78 is 7.36. The molecule has 0 saturated heterocycles. The van der Waals surface area contributed by atoms with Gasteiger partial charge < -0.3 is 14.4 Å². The predicted octanol–water partition coefficient (Wildman–Crippen LogP) is 4.06. The van der Waals surface area contributed by atoms with Crippen LogP contribution < -0.4 is 5.32 Å². The molecule has 0 aliphatic heterocycles. The van der Waals surface area contributed by atoms with Gasteiger partial charge in [-0.05, 0) is 64.8 Å². The number of carbonyl (C=O) groups is 1. The molecular weight excluding hydrogens is 354 g/mol. The molecule has 1 N–H and O–H groups in total. The average molecular weight is 379 g/mol. The minimum absolute atomic E-state index is 0.174. The third kappa shape index (κ3) is 3.69. The highest BCUT2D eigenvalue weighted by Gasteiger charge is 2.26. The van der Waals surface area contributed by atoms with Crippen molar-refractivity contribution in [2.45, 2.75) is 58.0 Å². The van der Waals surface area contributed by atoms with Crippen LogP contribution in [0, 0.1) is 0 Å². The average Bonchev–Trinajstić information content (AvgIpc) is 3.18. The van der Waals surface area contributed by atoms with E-state index in [1.165, 1.54) is 12.8 Å². The second-order valence-corrected chi connectivity index (χ2v) is 8.33. The van der Waals surface area contributed by atoms with Crippen LogP contribution >= 0.6 is 0 Å². The molecular formula is C21H25N5O2. The molecule has 1 fully saturated rings. The van der Waals surface area contributed by atoms with Gasteiger partial charge in [0.05, 0.1) is 0 Å². The minimum atomic E-state index is -0.401. The number of rotatable bonds is 5. The first kappa shape index (κ1) is 18.4. The summed E-state index contributed by atoms with van der Waals surface area (Å²) >= 11 is 0. The standard InChI is InChI=1S/C21H25N5O2/c1-13(23-19(27)17-6-5-11-26(17)21(2,3)4)20-24-18(25-28-20)15-9-10-22-16(12-15)14-7-8-14/h5-6,9-14H,7-8H2,1-4H3,(H,23,27)/t13-/m0/s1. The molecule has 1 amide bonds. The van der Waals surface area contributed by atoms with Crippen molar-refractivity contribution in [1.29, 1.82) is 0 Å². The fraction of sp³-hybridized carbons (Fsp3) is 0.429. The van der Waals surface area contributed by atoms with E-state index in [1.807, 2.05) is 42.0 Å². The smallest absolute Gasteiger partial charge is 0.268 e. The number of nitrogens with one attached hydrogen (secondary N) is 1. The summed E-state index contributed by atoms with van der Waals surface area (Å²) in [6.07, 6.45) is 6.07. The van der Waals surface area contributed by atoms with Crippen LogP contribution in [0.2, 0.25) is 0 Å². The second-order valence-electron chi connectivity index (χ2n) is 8.33. The predicted molar refractivity (Wildman–Crippen MR) is 105 cm³/mol. The van der Waals surface area contributed by atoms with Crippen molar-refractivity contribution in [1.82, 2.24) is 25.0 Å². The molecule has 146 valence electrons. The molecule has 3 aromatic rings. The molecule has 7 heteroatoms. The summed E-state index contributed by atoms with van der Waals surface area (Å²) in [7, 11) is 0. The van der Waals surface area contributed by atoms with Gasteiger partial charge in [-0.15, -0.1) is 0 Å². The summed E-state index contributed by atoms with van der Waals surface area (Å²) in [4.78, 5) is 21.6. The Morgan fingerprint density at radius 1 is 1.32 bits per heavy atom. The molecule has 3 heterocycles. The van der Waals surface area contributed by atoms with Gasteiger partial charge in [0, 0.05) is 35.1 Å². The Balaban J connectivity index is 1.49. The third-order valence-electron chi connectivity index (χ3n) is 4.90. The molecule has 0 aromatic carbocycles.